The normalized spacial score (nSPS) is 14.9. The van der Waals surface area contributed by atoms with Crippen LogP contribution in [0.5, 0.6) is 0 Å². The predicted molar refractivity (Wildman–Crippen MR) is 97.1 cm³/mol. The highest BCUT2D eigenvalue weighted by molar-refractivity contribution is 5.86. The van der Waals surface area contributed by atoms with Crippen molar-refractivity contribution in [2.75, 3.05) is 6.54 Å². The van der Waals surface area contributed by atoms with Crippen molar-refractivity contribution in [1.82, 2.24) is 10.3 Å². The standard InChI is InChI=1S/C19H21F6N3O2/c1-9(2)6-13(17(26)30)27-8-14(29)11-7-15(19(23,24)25)28-16-10(11)4-3-5-12(16)18(20,21)22/h3-5,7,9,13-14,27,29H,6,8H2,1-2H3,(H2,26,30). The molecule has 0 aliphatic heterocycles. The first-order chi connectivity index (χ1) is 13.7. The fraction of sp³-hybridized carbons (Fsp3) is 0.474. The first-order valence-electron chi connectivity index (χ1n) is 9.00. The zero-order chi connectivity index (χ0) is 22.9. The van der Waals surface area contributed by atoms with Gasteiger partial charge in [0.25, 0.3) is 0 Å². The number of halogens is 6. The molecule has 166 valence electrons. The number of hydrogen-bond acceptors (Lipinski definition) is 4. The second-order valence-electron chi connectivity index (χ2n) is 7.30. The van der Waals surface area contributed by atoms with Crippen LogP contribution in [0, 0.1) is 5.92 Å². The number of nitrogens with two attached hydrogens (primary N) is 1. The van der Waals surface area contributed by atoms with E-state index in [0.717, 1.165) is 12.1 Å². The van der Waals surface area contributed by atoms with E-state index in [4.69, 9.17) is 5.73 Å². The van der Waals surface area contributed by atoms with Crippen LogP contribution < -0.4 is 11.1 Å². The van der Waals surface area contributed by atoms with E-state index in [9.17, 15) is 36.2 Å². The number of aliphatic hydroxyl groups excluding tert-OH is 1. The van der Waals surface area contributed by atoms with E-state index in [-0.39, 0.29) is 11.3 Å². The molecule has 0 spiro atoms. The van der Waals surface area contributed by atoms with Crippen molar-refractivity contribution in [1.29, 1.82) is 0 Å². The molecule has 1 aromatic carbocycles. The van der Waals surface area contributed by atoms with Crippen LogP contribution in [0.25, 0.3) is 10.9 Å². The number of primary amides is 1. The molecular formula is C19H21F6N3O2. The maximum absolute atomic E-state index is 13.3. The molecule has 1 amide bonds. The molecule has 2 atom stereocenters. The molecule has 0 bridgehead atoms. The van der Waals surface area contributed by atoms with E-state index in [2.05, 4.69) is 10.3 Å². The maximum Gasteiger partial charge on any atom is 0.433 e. The Hall–Kier alpha value is -2.40. The van der Waals surface area contributed by atoms with Crippen molar-refractivity contribution in [2.24, 2.45) is 11.7 Å². The Kier molecular flexibility index (Phi) is 6.97. The number of para-hydroxylation sites is 1. The van der Waals surface area contributed by atoms with E-state index in [1.54, 1.807) is 0 Å². The van der Waals surface area contributed by atoms with Crippen LogP contribution in [0.2, 0.25) is 0 Å². The lowest BCUT2D eigenvalue weighted by molar-refractivity contribution is -0.142. The summed E-state index contributed by atoms with van der Waals surface area (Å²) in [4.78, 5) is 14.7. The zero-order valence-electron chi connectivity index (χ0n) is 16.1. The number of amides is 1. The molecule has 0 saturated carbocycles. The predicted octanol–water partition coefficient (Wildman–Crippen LogP) is 3.80. The number of carbonyl (C=O) groups excluding carboxylic acids is 1. The third-order valence-electron chi connectivity index (χ3n) is 4.43. The first-order valence-corrected chi connectivity index (χ1v) is 9.00. The van der Waals surface area contributed by atoms with Gasteiger partial charge in [0.2, 0.25) is 5.91 Å². The van der Waals surface area contributed by atoms with Gasteiger partial charge in [0, 0.05) is 11.9 Å². The Morgan fingerprint density at radius 1 is 1.17 bits per heavy atom. The molecule has 5 nitrogen and oxygen atoms in total. The Morgan fingerprint density at radius 2 is 1.80 bits per heavy atom. The highest BCUT2D eigenvalue weighted by atomic mass is 19.4. The Morgan fingerprint density at radius 3 is 2.30 bits per heavy atom. The zero-order valence-corrected chi connectivity index (χ0v) is 16.1. The van der Waals surface area contributed by atoms with E-state index >= 15 is 0 Å². The van der Waals surface area contributed by atoms with Gasteiger partial charge in [0.15, 0.2) is 0 Å². The van der Waals surface area contributed by atoms with Crippen LogP contribution in [-0.2, 0) is 17.1 Å². The SMILES string of the molecule is CC(C)CC(NCC(O)c1cc(C(F)(F)F)nc2c(C(F)(F)F)cccc12)C(N)=O. The van der Waals surface area contributed by atoms with Crippen molar-refractivity contribution in [3.8, 4) is 0 Å². The summed E-state index contributed by atoms with van der Waals surface area (Å²) < 4.78 is 79.6. The number of hydrogen-bond donors (Lipinski definition) is 3. The second kappa shape index (κ2) is 8.76. The number of aliphatic hydroxyl groups is 1. The molecule has 1 heterocycles. The lowest BCUT2D eigenvalue weighted by Gasteiger charge is -2.22. The summed E-state index contributed by atoms with van der Waals surface area (Å²) in [6.45, 7) is 3.24. The minimum absolute atomic E-state index is 0.0556. The molecule has 2 aromatic rings. The molecule has 0 aliphatic rings. The number of rotatable bonds is 7. The van der Waals surface area contributed by atoms with Gasteiger partial charge in [-0.2, -0.15) is 26.3 Å². The van der Waals surface area contributed by atoms with Gasteiger partial charge in [-0.1, -0.05) is 26.0 Å². The summed E-state index contributed by atoms with van der Waals surface area (Å²) in [7, 11) is 0. The minimum atomic E-state index is -5.03. The molecule has 0 saturated heterocycles. The van der Waals surface area contributed by atoms with Crippen LogP contribution in [0.1, 0.15) is 43.2 Å². The van der Waals surface area contributed by atoms with Crippen LogP contribution in [0.4, 0.5) is 26.3 Å². The van der Waals surface area contributed by atoms with E-state index in [1.165, 1.54) is 0 Å². The van der Waals surface area contributed by atoms with Crippen molar-refractivity contribution >= 4 is 16.8 Å². The monoisotopic (exact) mass is 437 g/mol. The molecule has 1 aromatic heterocycles. The average Bonchev–Trinajstić information content (AvgIpc) is 2.61. The second-order valence-corrected chi connectivity index (χ2v) is 7.30. The van der Waals surface area contributed by atoms with Gasteiger partial charge in [0.05, 0.1) is 23.2 Å². The minimum Gasteiger partial charge on any atom is -0.387 e. The Bertz CT molecular complexity index is 912. The number of nitrogens with zero attached hydrogens (tertiary/aromatic N) is 1. The first kappa shape index (κ1) is 23.9. The highest BCUT2D eigenvalue weighted by Crippen LogP contribution is 2.38. The molecule has 0 fully saturated rings. The van der Waals surface area contributed by atoms with Crippen LogP contribution in [0.3, 0.4) is 0 Å². The van der Waals surface area contributed by atoms with Gasteiger partial charge in [-0.3, -0.25) is 4.79 Å². The lowest BCUT2D eigenvalue weighted by atomic mass is 9.98. The van der Waals surface area contributed by atoms with Gasteiger partial charge < -0.3 is 16.2 Å². The van der Waals surface area contributed by atoms with Gasteiger partial charge in [-0.15, -0.1) is 0 Å². The topological polar surface area (TPSA) is 88.2 Å². The van der Waals surface area contributed by atoms with Crippen molar-refractivity contribution < 1.29 is 36.2 Å². The average molecular weight is 437 g/mol. The summed E-state index contributed by atoms with van der Waals surface area (Å²) in [6.07, 6.45) is -11.3. The summed E-state index contributed by atoms with van der Waals surface area (Å²) in [6, 6.07) is 2.44. The third-order valence-corrected chi connectivity index (χ3v) is 4.43. The third kappa shape index (κ3) is 5.60. The molecular weight excluding hydrogens is 416 g/mol. The number of aromatic nitrogens is 1. The Balaban J connectivity index is 2.52. The fourth-order valence-corrected chi connectivity index (χ4v) is 3.06. The molecule has 0 aliphatic carbocycles. The maximum atomic E-state index is 13.3. The number of nitrogens with one attached hydrogen (secondary N) is 1. The van der Waals surface area contributed by atoms with E-state index < -0.39 is 59.3 Å². The summed E-state index contributed by atoms with van der Waals surface area (Å²) in [5, 5.41) is 12.9. The molecule has 11 heteroatoms. The smallest absolute Gasteiger partial charge is 0.387 e. The van der Waals surface area contributed by atoms with Gasteiger partial charge in [-0.25, -0.2) is 4.98 Å². The molecule has 30 heavy (non-hydrogen) atoms. The number of carbonyl (C=O) groups is 1. The molecule has 0 radical (unpaired) electrons. The molecule has 4 N–H and O–H groups in total. The van der Waals surface area contributed by atoms with Crippen LogP contribution in [0.15, 0.2) is 24.3 Å². The van der Waals surface area contributed by atoms with E-state index in [1.807, 2.05) is 13.8 Å². The van der Waals surface area contributed by atoms with Crippen LogP contribution in [-0.4, -0.2) is 28.6 Å². The van der Waals surface area contributed by atoms with Crippen molar-refractivity contribution in [3.63, 3.8) is 0 Å². The van der Waals surface area contributed by atoms with Crippen LogP contribution >= 0.6 is 0 Å². The van der Waals surface area contributed by atoms with E-state index in [0.29, 0.717) is 18.6 Å². The van der Waals surface area contributed by atoms with Gasteiger partial charge in [-0.05, 0) is 30.0 Å². The summed E-state index contributed by atoms with van der Waals surface area (Å²) in [5.74, 6) is -0.661. The lowest BCUT2D eigenvalue weighted by Crippen LogP contribution is -2.43. The largest absolute Gasteiger partial charge is 0.433 e. The van der Waals surface area contributed by atoms with Gasteiger partial charge in [0.1, 0.15) is 5.69 Å². The molecule has 2 rings (SSSR count). The number of fused-ring (bicyclic) bond motifs is 1. The molecule has 2 unspecified atom stereocenters. The van der Waals surface area contributed by atoms with Gasteiger partial charge >= 0.3 is 12.4 Å². The number of alkyl halides is 6. The Labute approximate surface area is 168 Å². The number of pyridine rings is 1. The fourth-order valence-electron chi connectivity index (χ4n) is 3.06. The highest BCUT2D eigenvalue weighted by Gasteiger charge is 2.38. The quantitative estimate of drug-likeness (QED) is 0.575. The van der Waals surface area contributed by atoms with Crippen molar-refractivity contribution in [3.05, 3.63) is 41.1 Å². The van der Waals surface area contributed by atoms with Crippen molar-refractivity contribution in [2.45, 2.75) is 44.8 Å². The summed E-state index contributed by atoms with van der Waals surface area (Å²) in [5.41, 5.74) is 1.07. The number of benzene rings is 1. The summed E-state index contributed by atoms with van der Waals surface area (Å²) >= 11 is 0.